The second-order valence-electron chi connectivity index (χ2n) is 9.96. The van der Waals surface area contributed by atoms with Crippen molar-refractivity contribution in [1.82, 2.24) is 15.1 Å². The highest BCUT2D eigenvalue weighted by atomic mass is 16.5. The third-order valence-corrected chi connectivity index (χ3v) is 7.76. The second kappa shape index (κ2) is 12.0. The zero-order valence-electron chi connectivity index (χ0n) is 21.7. The number of carbonyl (C=O) groups is 3. The molecule has 0 radical (unpaired) electrons. The Labute approximate surface area is 223 Å². The lowest BCUT2D eigenvalue weighted by molar-refractivity contribution is -0.146. The van der Waals surface area contributed by atoms with Crippen LogP contribution >= 0.6 is 0 Å². The number of morpholine rings is 1. The predicted octanol–water partition coefficient (Wildman–Crippen LogP) is 2.73. The number of benzene rings is 2. The quantitative estimate of drug-likeness (QED) is 0.588. The third-order valence-electron chi connectivity index (χ3n) is 7.76. The Hall–Kier alpha value is -3.43. The lowest BCUT2D eigenvalue weighted by atomic mass is 9.80. The van der Waals surface area contributed by atoms with E-state index in [1.165, 1.54) is 7.11 Å². The normalized spacial score (nSPS) is 27.2. The Balaban J connectivity index is 1.61. The third kappa shape index (κ3) is 5.26. The molecule has 3 heterocycles. The molecule has 38 heavy (non-hydrogen) atoms. The van der Waals surface area contributed by atoms with Crippen molar-refractivity contribution in [3.8, 4) is 0 Å². The van der Waals surface area contributed by atoms with Crippen LogP contribution in [0.4, 0.5) is 4.79 Å². The first-order valence-electron chi connectivity index (χ1n) is 13.3. The largest absolute Gasteiger partial charge is 0.469 e. The second-order valence-corrected chi connectivity index (χ2v) is 9.96. The minimum atomic E-state index is -0.927. The van der Waals surface area contributed by atoms with Crippen molar-refractivity contribution in [2.75, 3.05) is 46.6 Å². The van der Waals surface area contributed by atoms with Crippen molar-refractivity contribution in [1.29, 1.82) is 0 Å². The summed E-state index contributed by atoms with van der Waals surface area (Å²) in [5.41, 5.74) is 1.58. The van der Waals surface area contributed by atoms with E-state index in [-0.39, 0.29) is 18.0 Å². The van der Waals surface area contributed by atoms with Crippen molar-refractivity contribution in [2.24, 2.45) is 5.92 Å². The van der Waals surface area contributed by atoms with Gasteiger partial charge in [0.05, 0.1) is 38.4 Å². The summed E-state index contributed by atoms with van der Waals surface area (Å²) >= 11 is 0. The fourth-order valence-corrected chi connectivity index (χ4v) is 5.98. The van der Waals surface area contributed by atoms with Gasteiger partial charge in [0.25, 0.3) is 0 Å². The molecular weight excluding hydrogens is 486 g/mol. The molecule has 3 aliphatic rings. The molecule has 3 saturated heterocycles. The average Bonchev–Trinajstić information content (AvgIpc) is 3.63. The van der Waals surface area contributed by atoms with E-state index < -0.39 is 29.9 Å². The molecule has 0 spiro atoms. The molecular formula is C29H35N3O6. The van der Waals surface area contributed by atoms with Gasteiger partial charge in [-0.25, -0.2) is 4.79 Å². The highest BCUT2D eigenvalue weighted by Crippen LogP contribution is 2.51. The summed E-state index contributed by atoms with van der Waals surface area (Å²) in [6, 6.07) is 17.0. The van der Waals surface area contributed by atoms with Gasteiger partial charge in [0.2, 0.25) is 5.91 Å². The Morgan fingerprint density at radius 3 is 2.21 bits per heavy atom. The number of rotatable bonds is 6. The number of amides is 3. The fraction of sp³-hybridized carbons (Fsp3) is 0.483. The molecule has 9 heteroatoms. The summed E-state index contributed by atoms with van der Waals surface area (Å²) < 4.78 is 16.5. The molecule has 5 rings (SSSR count). The maximum atomic E-state index is 14.2. The fourth-order valence-electron chi connectivity index (χ4n) is 5.98. The van der Waals surface area contributed by atoms with Crippen LogP contribution < -0.4 is 5.32 Å². The van der Waals surface area contributed by atoms with Crippen LogP contribution in [0, 0.1) is 5.92 Å². The van der Waals surface area contributed by atoms with Gasteiger partial charge in [-0.2, -0.15) is 0 Å². The van der Waals surface area contributed by atoms with Crippen LogP contribution in [-0.2, 0) is 23.8 Å². The van der Waals surface area contributed by atoms with Gasteiger partial charge < -0.3 is 29.3 Å². The monoisotopic (exact) mass is 521 g/mol. The highest BCUT2D eigenvalue weighted by Gasteiger charge is 2.58. The van der Waals surface area contributed by atoms with Crippen molar-refractivity contribution in [3.05, 3.63) is 71.8 Å². The topological polar surface area (TPSA) is 97.4 Å². The van der Waals surface area contributed by atoms with Gasteiger partial charge in [-0.1, -0.05) is 60.7 Å². The van der Waals surface area contributed by atoms with E-state index in [9.17, 15) is 14.4 Å². The van der Waals surface area contributed by atoms with Crippen LogP contribution in [0.2, 0.25) is 0 Å². The van der Waals surface area contributed by atoms with Crippen LogP contribution in [0.1, 0.15) is 35.9 Å². The molecule has 3 amide bonds. The summed E-state index contributed by atoms with van der Waals surface area (Å²) in [7, 11) is 1.35. The molecule has 0 aliphatic carbocycles. The zero-order chi connectivity index (χ0) is 26.5. The number of likely N-dealkylation sites (tertiary alicyclic amines) is 1. The number of urea groups is 1. The molecule has 5 atom stereocenters. The Morgan fingerprint density at radius 2 is 1.61 bits per heavy atom. The van der Waals surface area contributed by atoms with Gasteiger partial charge in [0, 0.05) is 32.2 Å². The van der Waals surface area contributed by atoms with Crippen LogP contribution in [0.5, 0.6) is 0 Å². The van der Waals surface area contributed by atoms with Gasteiger partial charge in [0.15, 0.2) is 0 Å². The highest BCUT2D eigenvalue weighted by molar-refractivity contribution is 5.92. The smallest absolute Gasteiger partial charge is 0.321 e. The molecule has 3 fully saturated rings. The van der Waals surface area contributed by atoms with Gasteiger partial charge in [-0.3, -0.25) is 9.59 Å². The standard InChI is InChI=1S/C29H35N3O6/c1-36-28(34)24-23(20-9-4-2-5-10-20)26(27(33)30-19-22-13-8-16-38-22)32(25(24)21-11-6-3-7-12-21)29(35)31-14-17-37-18-15-31/h2-7,9-12,22-26H,8,13-19H2,1H3,(H,30,33). The van der Waals surface area contributed by atoms with E-state index in [1.54, 1.807) is 9.80 Å². The van der Waals surface area contributed by atoms with E-state index in [2.05, 4.69) is 5.32 Å². The minimum absolute atomic E-state index is 0.0553. The van der Waals surface area contributed by atoms with E-state index in [4.69, 9.17) is 14.2 Å². The molecule has 0 bridgehead atoms. The molecule has 3 aliphatic heterocycles. The Bertz CT molecular complexity index is 1100. The number of esters is 1. The van der Waals surface area contributed by atoms with Gasteiger partial charge in [0.1, 0.15) is 6.04 Å². The van der Waals surface area contributed by atoms with Gasteiger partial charge in [-0.15, -0.1) is 0 Å². The number of hydrogen-bond donors (Lipinski definition) is 1. The number of carbonyl (C=O) groups excluding carboxylic acids is 3. The molecule has 0 saturated carbocycles. The number of ether oxygens (including phenoxy) is 3. The summed E-state index contributed by atoms with van der Waals surface area (Å²) in [6.07, 6.45) is 1.78. The van der Waals surface area contributed by atoms with Crippen LogP contribution in [0.15, 0.2) is 60.7 Å². The summed E-state index contributed by atoms with van der Waals surface area (Å²) in [5, 5.41) is 3.05. The molecule has 0 aromatic heterocycles. The van der Waals surface area contributed by atoms with E-state index >= 15 is 0 Å². The molecule has 2 aromatic carbocycles. The predicted molar refractivity (Wildman–Crippen MR) is 139 cm³/mol. The first-order chi connectivity index (χ1) is 18.6. The van der Waals surface area contributed by atoms with Crippen LogP contribution in [0.3, 0.4) is 0 Å². The number of methoxy groups -OCH3 is 1. The first-order valence-corrected chi connectivity index (χ1v) is 13.3. The van der Waals surface area contributed by atoms with Crippen molar-refractivity contribution in [3.63, 3.8) is 0 Å². The van der Waals surface area contributed by atoms with E-state index in [0.717, 1.165) is 24.0 Å². The van der Waals surface area contributed by atoms with E-state index in [1.807, 2.05) is 60.7 Å². The first kappa shape index (κ1) is 26.2. The molecule has 2 aromatic rings. The van der Waals surface area contributed by atoms with Crippen molar-refractivity contribution >= 4 is 17.9 Å². The molecule has 202 valence electrons. The van der Waals surface area contributed by atoms with Crippen molar-refractivity contribution in [2.45, 2.75) is 36.9 Å². The number of hydrogen-bond acceptors (Lipinski definition) is 6. The number of nitrogens with one attached hydrogen (secondary N) is 1. The Morgan fingerprint density at radius 1 is 0.947 bits per heavy atom. The molecule has 9 nitrogen and oxygen atoms in total. The maximum Gasteiger partial charge on any atom is 0.321 e. The average molecular weight is 522 g/mol. The van der Waals surface area contributed by atoms with Gasteiger partial charge in [-0.05, 0) is 24.0 Å². The molecule has 1 N–H and O–H groups in total. The summed E-state index contributed by atoms with van der Waals surface area (Å²) in [6.45, 7) is 2.72. The summed E-state index contributed by atoms with van der Waals surface area (Å²) in [4.78, 5) is 45.1. The van der Waals surface area contributed by atoms with Crippen LogP contribution in [0.25, 0.3) is 0 Å². The maximum absolute atomic E-state index is 14.2. The minimum Gasteiger partial charge on any atom is -0.469 e. The number of nitrogens with zero attached hydrogens (tertiary/aromatic N) is 2. The molecule has 5 unspecified atom stereocenters. The van der Waals surface area contributed by atoms with Crippen molar-refractivity contribution < 1.29 is 28.6 Å². The van der Waals surface area contributed by atoms with Crippen LogP contribution in [-0.4, -0.2) is 86.4 Å². The zero-order valence-corrected chi connectivity index (χ0v) is 21.7. The van der Waals surface area contributed by atoms with Gasteiger partial charge >= 0.3 is 12.0 Å². The summed E-state index contributed by atoms with van der Waals surface area (Å²) in [5.74, 6) is -2.15. The SMILES string of the molecule is COC(=O)C1C(c2ccccc2)C(C(=O)NCC2CCCO2)N(C(=O)N2CCOCC2)C1c1ccccc1. The lowest BCUT2D eigenvalue weighted by Gasteiger charge is -2.37. The van der Waals surface area contributed by atoms with E-state index in [0.29, 0.717) is 39.5 Å². The lowest BCUT2D eigenvalue weighted by Crippen LogP contribution is -2.55. The Kier molecular flexibility index (Phi) is 8.24.